The summed E-state index contributed by atoms with van der Waals surface area (Å²) in [5, 5.41) is 3.88. The number of benzene rings is 1. The molecule has 0 saturated carbocycles. The Morgan fingerprint density at radius 1 is 1.40 bits per heavy atom. The molecule has 0 bridgehead atoms. The van der Waals surface area contributed by atoms with Gasteiger partial charge in [0.05, 0.1) is 0 Å². The van der Waals surface area contributed by atoms with Crippen molar-refractivity contribution in [2.75, 3.05) is 0 Å². The minimum absolute atomic E-state index is 0.0399. The van der Waals surface area contributed by atoms with Crippen molar-refractivity contribution >= 4 is 5.78 Å². The van der Waals surface area contributed by atoms with Crippen molar-refractivity contribution in [2.24, 2.45) is 0 Å². The first-order valence-corrected chi connectivity index (χ1v) is 6.54. The summed E-state index contributed by atoms with van der Waals surface area (Å²) < 4.78 is 10.8. The zero-order valence-electron chi connectivity index (χ0n) is 12.1. The topological polar surface area (TPSA) is 65.2 Å². The summed E-state index contributed by atoms with van der Waals surface area (Å²) in [5.41, 5.74) is 1.58. The Bertz CT molecular complexity index is 617. The normalized spacial score (nSPS) is 10.8. The smallest absolute Gasteiger partial charge is 0.264 e. The van der Waals surface area contributed by atoms with Crippen molar-refractivity contribution in [1.29, 1.82) is 0 Å². The van der Waals surface area contributed by atoms with Crippen LogP contribution >= 0.6 is 0 Å². The number of Topliss-reactive ketones (excluding diaryl/α,β-unsaturated/α-hetero) is 1. The third-order valence-electron chi connectivity index (χ3n) is 2.93. The summed E-state index contributed by atoms with van der Waals surface area (Å²) in [5.74, 6) is 2.09. The van der Waals surface area contributed by atoms with Gasteiger partial charge in [-0.2, -0.15) is 4.98 Å². The number of carbonyl (C=O) groups excluding carboxylic acids is 1. The average Bonchev–Trinajstić information content (AvgIpc) is 2.86. The van der Waals surface area contributed by atoms with Gasteiger partial charge in [-0.1, -0.05) is 19.0 Å². The average molecular weight is 274 g/mol. The van der Waals surface area contributed by atoms with Gasteiger partial charge in [0.25, 0.3) is 5.89 Å². The summed E-state index contributed by atoms with van der Waals surface area (Å²) in [4.78, 5) is 15.5. The minimum Gasteiger partial charge on any atom is -0.483 e. The first kappa shape index (κ1) is 14.2. The Balaban J connectivity index is 2.05. The van der Waals surface area contributed by atoms with Crippen LogP contribution < -0.4 is 4.74 Å². The second-order valence-electron chi connectivity index (χ2n) is 5.03. The van der Waals surface area contributed by atoms with Crippen molar-refractivity contribution in [2.45, 2.75) is 40.2 Å². The van der Waals surface area contributed by atoms with Crippen molar-refractivity contribution in [3.8, 4) is 5.75 Å². The fraction of sp³-hybridized carbons (Fsp3) is 0.400. The van der Waals surface area contributed by atoms with Crippen LogP contribution in [-0.4, -0.2) is 15.9 Å². The van der Waals surface area contributed by atoms with E-state index in [-0.39, 0.29) is 18.3 Å². The van der Waals surface area contributed by atoms with Crippen molar-refractivity contribution < 1.29 is 14.1 Å². The quantitative estimate of drug-likeness (QED) is 0.783. The van der Waals surface area contributed by atoms with E-state index in [1.165, 1.54) is 0 Å². The fourth-order valence-electron chi connectivity index (χ4n) is 1.73. The van der Waals surface area contributed by atoms with E-state index in [0.717, 1.165) is 5.56 Å². The van der Waals surface area contributed by atoms with Crippen LogP contribution in [0, 0.1) is 6.92 Å². The van der Waals surface area contributed by atoms with Crippen LogP contribution in [-0.2, 0) is 6.61 Å². The molecule has 0 aliphatic carbocycles. The molecule has 2 rings (SSSR count). The molecule has 0 saturated heterocycles. The van der Waals surface area contributed by atoms with E-state index in [2.05, 4.69) is 10.1 Å². The maximum atomic E-state index is 11.3. The van der Waals surface area contributed by atoms with Gasteiger partial charge in [-0.15, -0.1) is 0 Å². The van der Waals surface area contributed by atoms with Crippen LogP contribution in [0.1, 0.15) is 54.3 Å². The molecule has 2 aromatic rings. The second kappa shape index (κ2) is 5.86. The van der Waals surface area contributed by atoms with Crippen LogP contribution in [0.5, 0.6) is 5.75 Å². The van der Waals surface area contributed by atoms with E-state index >= 15 is 0 Å². The van der Waals surface area contributed by atoms with Gasteiger partial charge in [0.2, 0.25) is 0 Å². The Morgan fingerprint density at radius 2 is 2.15 bits per heavy atom. The van der Waals surface area contributed by atoms with Crippen LogP contribution in [0.15, 0.2) is 22.7 Å². The lowest BCUT2D eigenvalue weighted by molar-refractivity contribution is 0.101. The molecule has 5 heteroatoms. The third-order valence-corrected chi connectivity index (χ3v) is 2.93. The molecule has 1 aromatic heterocycles. The number of carbonyl (C=O) groups is 1. The summed E-state index contributed by atoms with van der Waals surface area (Å²) in [6.45, 7) is 7.66. The molecule has 0 fully saturated rings. The highest BCUT2D eigenvalue weighted by Gasteiger charge is 2.11. The number of aromatic nitrogens is 2. The maximum absolute atomic E-state index is 11.3. The molecule has 5 nitrogen and oxygen atoms in total. The van der Waals surface area contributed by atoms with Crippen molar-refractivity contribution in [1.82, 2.24) is 10.1 Å². The van der Waals surface area contributed by atoms with Gasteiger partial charge in [0.15, 0.2) is 18.2 Å². The molecule has 1 aromatic carbocycles. The Kier molecular flexibility index (Phi) is 4.17. The molecule has 0 spiro atoms. The number of aryl methyl sites for hydroxylation is 1. The van der Waals surface area contributed by atoms with Crippen molar-refractivity contribution in [3.63, 3.8) is 0 Å². The molecule has 0 atom stereocenters. The van der Waals surface area contributed by atoms with Gasteiger partial charge in [-0.25, -0.2) is 0 Å². The van der Waals surface area contributed by atoms with Gasteiger partial charge in [0.1, 0.15) is 5.75 Å². The summed E-state index contributed by atoms with van der Waals surface area (Å²) in [6, 6.07) is 5.34. The number of rotatable bonds is 5. The summed E-state index contributed by atoms with van der Waals surface area (Å²) in [6.07, 6.45) is 0. The highest BCUT2D eigenvalue weighted by atomic mass is 16.5. The maximum Gasteiger partial charge on any atom is 0.264 e. The Labute approximate surface area is 118 Å². The predicted molar refractivity (Wildman–Crippen MR) is 73.9 cm³/mol. The monoisotopic (exact) mass is 274 g/mol. The third kappa shape index (κ3) is 3.23. The van der Waals surface area contributed by atoms with Crippen LogP contribution in [0.25, 0.3) is 0 Å². The number of ketones is 1. The molecule has 0 radical (unpaired) electrons. The van der Waals surface area contributed by atoms with Gasteiger partial charge in [-0.05, 0) is 37.6 Å². The first-order chi connectivity index (χ1) is 9.47. The lowest BCUT2D eigenvalue weighted by atomic mass is 10.1. The van der Waals surface area contributed by atoms with Crippen LogP contribution in [0.3, 0.4) is 0 Å². The van der Waals surface area contributed by atoms with Crippen LogP contribution in [0.2, 0.25) is 0 Å². The van der Waals surface area contributed by atoms with Gasteiger partial charge >= 0.3 is 0 Å². The Hall–Kier alpha value is -2.17. The lowest BCUT2D eigenvalue weighted by Gasteiger charge is -2.07. The largest absolute Gasteiger partial charge is 0.483 e. The van der Waals surface area contributed by atoms with E-state index in [1.807, 2.05) is 26.8 Å². The number of nitrogens with zero attached hydrogens (tertiary/aromatic N) is 2. The van der Waals surface area contributed by atoms with E-state index in [9.17, 15) is 4.79 Å². The van der Waals surface area contributed by atoms with Crippen LogP contribution in [0.4, 0.5) is 0 Å². The molecule has 0 N–H and O–H groups in total. The zero-order valence-corrected chi connectivity index (χ0v) is 12.1. The van der Waals surface area contributed by atoms with E-state index in [4.69, 9.17) is 9.26 Å². The number of ether oxygens (including phenoxy) is 1. The van der Waals surface area contributed by atoms with E-state index < -0.39 is 0 Å². The number of hydrogen-bond donors (Lipinski definition) is 0. The molecule has 0 aliphatic heterocycles. The SMILES string of the molecule is CC(=O)c1ccc(OCc2nc(C(C)C)no2)c(C)c1. The molecule has 106 valence electrons. The summed E-state index contributed by atoms with van der Waals surface area (Å²) >= 11 is 0. The number of hydrogen-bond acceptors (Lipinski definition) is 5. The lowest BCUT2D eigenvalue weighted by Crippen LogP contribution is -2.00. The highest BCUT2D eigenvalue weighted by molar-refractivity contribution is 5.94. The molecule has 20 heavy (non-hydrogen) atoms. The first-order valence-electron chi connectivity index (χ1n) is 6.54. The summed E-state index contributed by atoms with van der Waals surface area (Å²) in [7, 11) is 0. The van der Waals surface area contributed by atoms with Gasteiger partial charge < -0.3 is 9.26 Å². The van der Waals surface area contributed by atoms with E-state index in [1.54, 1.807) is 19.1 Å². The standard InChI is InChI=1S/C15H18N2O3/c1-9(2)15-16-14(20-17-15)8-19-13-6-5-12(11(4)18)7-10(13)3/h5-7,9H,8H2,1-4H3. The zero-order chi connectivity index (χ0) is 14.7. The van der Waals surface area contributed by atoms with Gasteiger partial charge in [0, 0.05) is 11.5 Å². The molecule has 0 aliphatic rings. The fourth-order valence-corrected chi connectivity index (χ4v) is 1.73. The second-order valence-corrected chi connectivity index (χ2v) is 5.03. The van der Waals surface area contributed by atoms with Gasteiger partial charge in [-0.3, -0.25) is 4.79 Å². The molecular formula is C15H18N2O3. The molecular weight excluding hydrogens is 256 g/mol. The predicted octanol–water partition coefficient (Wildman–Crippen LogP) is 3.28. The molecule has 0 unspecified atom stereocenters. The molecule has 1 heterocycles. The molecule has 0 amide bonds. The van der Waals surface area contributed by atoms with Crippen molar-refractivity contribution in [3.05, 3.63) is 41.0 Å². The Morgan fingerprint density at radius 3 is 2.70 bits per heavy atom. The van der Waals surface area contributed by atoms with E-state index in [0.29, 0.717) is 23.0 Å². The minimum atomic E-state index is 0.0399. The highest BCUT2D eigenvalue weighted by Crippen LogP contribution is 2.20.